The van der Waals surface area contributed by atoms with Gasteiger partial charge >= 0.3 is 0 Å². The van der Waals surface area contributed by atoms with Gasteiger partial charge in [-0.25, -0.2) is 0 Å². The molecule has 3 nitrogen and oxygen atoms in total. The standard InChI is InChI=1S/C14H26ClN3/c1-4-6-7-8-9-10-13(16-3)14-12(15)11-17-18(14)5-2/h11,13,16H,4-10H2,1-3H3. The Bertz CT molecular complexity index is 336. The number of halogens is 1. The topological polar surface area (TPSA) is 29.9 Å². The molecule has 1 atom stereocenters. The Balaban J connectivity index is 2.52. The van der Waals surface area contributed by atoms with E-state index < -0.39 is 0 Å². The molecule has 0 aliphatic heterocycles. The molecule has 0 radical (unpaired) electrons. The van der Waals surface area contributed by atoms with Gasteiger partial charge in [0.25, 0.3) is 0 Å². The molecule has 1 rings (SSSR count). The van der Waals surface area contributed by atoms with Gasteiger partial charge in [0, 0.05) is 6.54 Å². The summed E-state index contributed by atoms with van der Waals surface area (Å²) in [5.41, 5.74) is 1.14. The molecule has 1 unspecified atom stereocenters. The monoisotopic (exact) mass is 271 g/mol. The molecule has 0 saturated carbocycles. The van der Waals surface area contributed by atoms with Gasteiger partial charge in [-0.1, -0.05) is 50.6 Å². The van der Waals surface area contributed by atoms with Crippen LogP contribution in [0.1, 0.15) is 64.1 Å². The third-order valence-corrected chi connectivity index (χ3v) is 3.70. The minimum atomic E-state index is 0.321. The van der Waals surface area contributed by atoms with Crippen molar-refractivity contribution in [1.29, 1.82) is 0 Å². The Morgan fingerprint density at radius 1 is 1.28 bits per heavy atom. The van der Waals surface area contributed by atoms with Crippen LogP contribution in [0.4, 0.5) is 0 Å². The van der Waals surface area contributed by atoms with Crippen LogP contribution in [0.15, 0.2) is 6.20 Å². The van der Waals surface area contributed by atoms with E-state index in [1.807, 2.05) is 11.7 Å². The maximum Gasteiger partial charge on any atom is 0.0834 e. The first-order chi connectivity index (χ1) is 8.74. The van der Waals surface area contributed by atoms with Crippen LogP contribution in [0, 0.1) is 0 Å². The van der Waals surface area contributed by atoms with Gasteiger partial charge in [-0.05, 0) is 20.4 Å². The zero-order chi connectivity index (χ0) is 13.4. The zero-order valence-corrected chi connectivity index (χ0v) is 12.6. The van der Waals surface area contributed by atoms with E-state index >= 15 is 0 Å². The smallest absolute Gasteiger partial charge is 0.0834 e. The molecule has 0 spiro atoms. The summed E-state index contributed by atoms with van der Waals surface area (Å²) in [5.74, 6) is 0. The fraction of sp³-hybridized carbons (Fsp3) is 0.786. The van der Waals surface area contributed by atoms with Crippen molar-refractivity contribution in [3.8, 4) is 0 Å². The predicted octanol–water partition coefficient (Wildman–Crippen LogP) is 4.18. The third-order valence-electron chi connectivity index (χ3n) is 3.41. The van der Waals surface area contributed by atoms with E-state index in [9.17, 15) is 0 Å². The third kappa shape index (κ3) is 4.29. The van der Waals surface area contributed by atoms with Crippen LogP contribution in [0.3, 0.4) is 0 Å². The van der Waals surface area contributed by atoms with Crippen molar-refractivity contribution in [2.24, 2.45) is 0 Å². The summed E-state index contributed by atoms with van der Waals surface area (Å²) in [6, 6.07) is 0.321. The minimum absolute atomic E-state index is 0.321. The largest absolute Gasteiger partial charge is 0.312 e. The van der Waals surface area contributed by atoms with Crippen molar-refractivity contribution >= 4 is 11.6 Å². The Hall–Kier alpha value is -0.540. The van der Waals surface area contributed by atoms with Crippen LogP contribution >= 0.6 is 11.6 Å². The molecule has 104 valence electrons. The van der Waals surface area contributed by atoms with Crippen molar-refractivity contribution in [2.75, 3.05) is 7.05 Å². The van der Waals surface area contributed by atoms with Gasteiger partial charge in [-0.15, -0.1) is 0 Å². The van der Waals surface area contributed by atoms with Crippen molar-refractivity contribution in [2.45, 2.75) is 65.0 Å². The van der Waals surface area contributed by atoms with Crippen molar-refractivity contribution in [1.82, 2.24) is 15.1 Å². The number of nitrogens with zero attached hydrogens (tertiary/aromatic N) is 2. The molecule has 1 aromatic heterocycles. The van der Waals surface area contributed by atoms with Crippen LogP contribution < -0.4 is 5.32 Å². The molecule has 0 saturated heterocycles. The molecule has 0 aliphatic carbocycles. The van der Waals surface area contributed by atoms with E-state index in [1.54, 1.807) is 6.20 Å². The molecule has 1 aromatic rings. The van der Waals surface area contributed by atoms with E-state index in [0.717, 1.165) is 23.7 Å². The summed E-state index contributed by atoms with van der Waals surface area (Å²) in [6.45, 7) is 5.22. The summed E-state index contributed by atoms with van der Waals surface area (Å²) >= 11 is 6.24. The number of rotatable bonds is 9. The maximum absolute atomic E-state index is 6.24. The summed E-state index contributed by atoms with van der Waals surface area (Å²) in [4.78, 5) is 0. The molecule has 0 bridgehead atoms. The number of unbranched alkanes of at least 4 members (excludes halogenated alkanes) is 4. The van der Waals surface area contributed by atoms with Crippen LogP contribution in [0.5, 0.6) is 0 Å². The summed E-state index contributed by atoms with van der Waals surface area (Å²) < 4.78 is 2.00. The summed E-state index contributed by atoms with van der Waals surface area (Å²) in [7, 11) is 2.00. The number of aryl methyl sites for hydroxylation is 1. The minimum Gasteiger partial charge on any atom is -0.312 e. The SMILES string of the molecule is CCCCCCCC(NC)c1c(Cl)cnn1CC. The first-order valence-corrected chi connectivity index (χ1v) is 7.50. The first kappa shape index (κ1) is 15.5. The normalized spacial score (nSPS) is 12.9. The van der Waals surface area contributed by atoms with Gasteiger partial charge in [0.2, 0.25) is 0 Å². The zero-order valence-electron chi connectivity index (χ0n) is 11.9. The molecule has 1 heterocycles. The molecule has 0 aromatic carbocycles. The fourth-order valence-electron chi connectivity index (χ4n) is 2.34. The fourth-order valence-corrected chi connectivity index (χ4v) is 2.61. The quantitative estimate of drug-likeness (QED) is 0.683. The highest BCUT2D eigenvalue weighted by Crippen LogP contribution is 2.26. The van der Waals surface area contributed by atoms with Crippen LogP contribution in [-0.4, -0.2) is 16.8 Å². The number of nitrogens with one attached hydrogen (secondary N) is 1. The van der Waals surface area contributed by atoms with Crippen molar-refractivity contribution in [3.05, 3.63) is 16.9 Å². The van der Waals surface area contributed by atoms with E-state index in [-0.39, 0.29) is 0 Å². The van der Waals surface area contributed by atoms with E-state index in [2.05, 4.69) is 24.3 Å². The molecule has 0 amide bonds. The van der Waals surface area contributed by atoms with Crippen molar-refractivity contribution < 1.29 is 0 Å². The van der Waals surface area contributed by atoms with E-state index in [4.69, 9.17) is 11.6 Å². The Labute approximate surface area is 116 Å². The van der Waals surface area contributed by atoms with Gasteiger partial charge in [0.1, 0.15) is 0 Å². The van der Waals surface area contributed by atoms with Gasteiger partial charge < -0.3 is 5.32 Å². The molecule has 0 aliphatic rings. The first-order valence-electron chi connectivity index (χ1n) is 7.13. The van der Waals surface area contributed by atoms with E-state index in [1.165, 1.54) is 32.1 Å². The van der Waals surface area contributed by atoms with Gasteiger partial charge in [0.05, 0.1) is 23.0 Å². The van der Waals surface area contributed by atoms with Gasteiger partial charge in [-0.3, -0.25) is 4.68 Å². The molecule has 0 fully saturated rings. The highest BCUT2D eigenvalue weighted by molar-refractivity contribution is 6.31. The van der Waals surface area contributed by atoms with Crippen molar-refractivity contribution in [3.63, 3.8) is 0 Å². The Morgan fingerprint density at radius 2 is 2.00 bits per heavy atom. The van der Waals surface area contributed by atoms with Gasteiger partial charge in [0.15, 0.2) is 0 Å². The lowest BCUT2D eigenvalue weighted by Gasteiger charge is -2.18. The average molecular weight is 272 g/mol. The lowest BCUT2D eigenvalue weighted by atomic mass is 10.0. The lowest BCUT2D eigenvalue weighted by Crippen LogP contribution is -2.20. The van der Waals surface area contributed by atoms with E-state index in [0.29, 0.717) is 6.04 Å². The molecule has 4 heteroatoms. The molecule has 18 heavy (non-hydrogen) atoms. The Morgan fingerprint density at radius 3 is 2.61 bits per heavy atom. The summed E-state index contributed by atoms with van der Waals surface area (Å²) in [5, 5.41) is 8.45. The number of aromatic nitrogens is 2. The number of hydrogen-bond acceptors (Lipinski definition) is 2. The highest BCUT2D eigenvalue weighted by Gasteiger charge is 2.17. The van der Waals surface area contributed by atoms with Gasteiger partial charge in [-0.2, -0.15) is 5.10 Å². The molecular weight excluding hydrogens is 246 g/mol. The average Bonchev–Trinajstić information content (AvgIpc) is 2.75. The Kier molecular flexibility index (Phi) is 7.36. The predicted molar refractivity (Wildman–Crippen MR) is 78.1 cm³/mol. The lowest BCUT2D eigenvalue weighted by molar-refractivity contribution is 0.462. The second-order valence-corrected chi connectivity index (χ2v) is 5.14. The second kappa shape index (κ2) is 8.54. The summed E-state index contributed by atoms with van der Waals surface area (Å²) in [6.07, 6.45) is 9.42. The number of hydrogen-bond donors (Lipinski definition) is 1. The highest BCUT2D eigenvalue weighted by atomic mass is 35.5. The van der Waals surface area contributed by atoms with Crippen LogP contribution in [0.25, 0.3) is 0 Å². The molecule has 1 N–H and O–H groups in total. The van der Waals surface area contributed by atoms with Crippen LogP contribution in [-0.2, 0) is 6.54 Å². The second-order valence-electron chi connectivity index (χ2n) is 4.74. The maximum atomic E-state index is 6.24. The van der Waals surface area contributed by atoms with Crippen LogP contribution in [0.2, 0.25) is 5.02 Å². The molecular formula is C14H26ClN3.